The van der Waals surface area contributed by atoms with Crippen LogP contribution in [0.2, 0.25) is 0 Å². The highest BCUT2D eigenvalue weighted by Crippen LogP contribution is 2.34. The summed E-state index contributed by atoms with van der Waals surface area (Å²) in [7, 11) is 1.57. The fraction of sp³-hybridized carbons (Fsp3) is 0.167. The number of methoxy groups -OCH3 is 1. The topological polar surface area (TPSA) is 42.2 Å². The van der Waals surface area contributed by atoms with Gasteiger partial charge in [0.15, 0.2) is 11.5 Å². The van der Waals surface area contributed by atoms with E-state index in [1.807, 2.05) is 24.3 Å². The minimum absolute atomic E-state index is 0.430. The summed E-state index contributed by atoms with van der Waals surface area (Å²) in [6.45, 7) is 4.18. The Morgan fingerprint density at radius 2 is 2.00 bits per heavy atom. The van der Waals surface area contributed by atoms with E-state index in [0.29, 0.717) is 30.1 Å². The van der Waals surface area contributed by atoms with Crippen molar-refractivity contribution in [1.29, 1.82) is 5.26 Å². The fourth-order valence-electron chi connectivity index (χ4n) is 2.08. The van der Waals surface area contributed by atoms with Crippen molar-refractivity contribution < 1.29 is 9.47 Å². The molecule has 2 rings (SSSR count). The zero-order valence-corrected chi connectivity index (χ0v) is 13.9. The van der Waals surface area contributed by atoms with E-state index in [1.165, 1.54) is 0 Å². The van der Waals surface area contributed by atoms with Crippen molar-refractivity contribution >= 4 is 15.9 Å². The molecular formula is C18H16BrNO2. The molecular weight excluding hydrogens is 342 g/mol. The lowest BCUT2D eigenvalue weighted by Gasteiger charge is -2.15. The van der Waals surface area contributed by atoms with E-state index in [4.69, 9.17) is 14.7 Å². The zero-order valence-electron chi connectivity index (χ0n) is 12.3. The lowest BCUT2D eigenvalue weighted by Crippen LogP contribution is -2.01. The Labute approximate surface area is 138 Å². The summed E-state index contributed by atoms with van der Waals surface area (Å²) in [5.41, 5.74) is 2.49. The van der Waals surface area contributed by atoms with E-state index in [9.17, 15) is 0 Å². The number of allylic oxidation sites excluding steroid dienone is 1. The largest absolute Gasteiger partial charge is 0.493 e. The Kier molecular flexibility index (Phi) is 5.62. The van der Waals surface area contributed by atoms with Gasteiger partial charge >= 0.3 is 0 Å². The van der Waals surface area contributed by atoms with Gasteiger partial charge in [-0.1, -0.05) is 34.1 Å². The standard InChI is InChI=1S/C18H16BrNO2/c1-3-4-15-9-14(11-20)10-17(21-2)18(15)22-12-13-5-7-16(19)8-6-13/h3,5-10H,1,4,12H2,2H3. The Morgan fingerprint density at radius 3 is 2.59 bits per heavy atom. The number of rotatable bonds is 6. The maximum Gasteiger partial charge on any atom is 0.165 e. The molecule has 0 aliphatic rings. The highest BCUT2D eigenvalue weighted by atomic mass is 79.9. The number of nitriles is 1. The van der Waals surface area contributed by atoms with Gasteiger partial charge < -0.3 is 9.47 Å². The van der Waals surface area contributed by atoms with Gasteiger partial charge in [-0.15, -0.1) is 6.58 Å². The van der Waals surface area contributed by atoms with E-state index < -0.39 is 0 Å². The van der Waals surface area contributed by atoms with Crippen molar-refractivity contribution in [2.75, 3.05) is 7.11 Å². The number of hydrogen-bond donors (Lipinski definition) is 0. The average Bonchev–Trinajstić information content (AvgIpc) is 2.54. The van der Waals surface area contributed by atoms with Gasteiger partial charge in [-0.3, -0.25) is 0 Å². The lowest BCUT2D eigenvalue weighted by molar-refractivity contribution is 0.282. The van der Waals surface area contributed by atoms with E-state index in [0.717, 1.165) is 15.6 Å². The van der Waals surface area contributed by atoms with Crippen LogP contribution in [-0.4, -0.2) is 7.11 Å². The van der Waals surface area contributed by atoms with Crippen LogP contribution in [0.1, 0.15) is 16.7 Å². The summed E-state index contributed by atoms with van der Waals surface area (Å²) in [4.78, 5) is 0. The quantitative estimate of drug-likeness (QED) is 0.707. The van der Waals surface area contributed by atoms with Crippen LogP contribution < -0.4 is 9.47 Å². The van der Waals surface area contributed by atoms with Gasteiger partial charge in [-0.2, -0.15) is 5.26 Å². The Morgan fingerprint density at radius 1 is 1.27 bits per heavy atom. The average molecular weight is 358 g/mol. The fourth-order valence-corrected chi connectivity index (χ4v) is 2.35. The molecule has 3 nitrogen and oxygen atoms in total. The van der Waals surface area contributed by atoms with Gasteiger partial charge in [0.05, 0.1) is 18.7 Å². The van der Waals surface area contributed by atoms with Crippen LogP contribution >= 0.6 is 15.9 Å². The van der Waals surface area contributed by atoms with Gasteiger partial charge in [0, 0.05) is 16.1 Å². The van der Waals surface area contributed by atoms with Crippen LogP contribution in [0.25, 0.3) is 0 Å². The van der Waals surface area contributed by atoms with Crippen LogP contribution in [-0.2, 0) is 13.0 Å². The van der Waals surface area contributed by atoms with E-state index in [1.54, 1.807) is 25.3 Å². The smallest absolute Gasteiger partial charge is 0.165 e. The third-order valence-corrected chi connectivity index (χ3v) is 3.67. The molecule has 0 N–H and O–H groups in total. The number of nitrogens with zero attached hydrogens (tertiary/aromatic N) is 1. The first kappa shape index (κ1) is 16.1. The van der Waals surface area contributed by atoms with Crippen molar-refractivity contribution in [3.05, 3.63) is 70.2 Å². The van der Waals surface area contributed by atoms with Crippen molar-refractivity contribution in [2.45, 2.75) is 13.0 Å². The molecule has 0 aliphatic carbocycles. The minimum Gasteiger partial charge on any atom is -0.493 e. The Balaban J connectivity index is 2.29. The first-order valence-corrected chi connectivity index (χ1v) is 7.56. The lowest BCUT2D eigenvalue weighted by atomic mass is 10.1. The Bertz CT molecular complexity index is 702. The molecule has 0 atom stereocenters. The van der Waals surface area contributed by atoms with Gasteiger partial charge in [0.2, 0.25) is 0 Å². The summed E-state index contributed by atoms with van der Waals surface area (Å²) < 4.78 is 12.3. The van der Waals surface area contributed by atoms with Crippen molar-refractivity contribution in [2.24, 2.45) is 0 Å². The minimum atomic E-state index is 0.430. The summed E-state index contributed by atoms with van der Waals surface area (Å²) in [5.74, 6) is 1.22. The summed E-state index contributed by atoms with van der Waals surface area (Å²) in [5, 5.41) is 9.10. The van der Waals surface area contributed by atoms with E-state index >= 15 is 0 Å². The van der Waals surface area contributed by atoms with E-state index in [2.05, 4.69) is 28.6 Å². The van der Waals surface area contributed by atoms with Crippen LogP contribution in [0.5, 0.6) is 11.5 Å². The highest BCUT2D eigenvalue weighted by molar-refractivity contribution is 9.10. The van der Waals surface area contributed by atoms with Gasteiger partial charge in [0.25, 0.3) is 0 Å². The second-order valence-corrected chi connectivity index (χ2v) is 5.60. The molecule has 112 valence electrons. The van der Waals surface area contributed by atoms with Gasteiger partial charge in [-0.05, 0) is 30.2 Å². The maximum absolute atomic E-state index is 9.10. The van der Waals surface area contributed by atoms with Crippen molar-refractivity contribution in [3.8, 4) is 17.6 Å². The molecule has 22 heavy (non-hydrogen) atoms. The molecule has 0 saturated heterocycles. The predicted octanol–water partition coefficient (Wildman–Crippen LogP) is 4.64. The number of benzene rings is 2. The molecule has 0 aromatic heterocycles. The molecule has 0 spiro atoms. The number of halogens is 1. The monoisotopic (exact) mass is 357 g/mol. The molecule has 0 unspecified atom stereocenters. The third kappa shape index (κ3) is 3.90. The summed E-state index contributed by atoms with van der Waals surface area (Å²) >= 11 is 3.41. The first-order valence-electron chi connectivity index (χ1n) is 6.77. The molecule has 0 bridgehead atoms. The molecule has 0 amide bonds. The summed E-state index contributed by atoms with van der Waals surface area (Å²) in [6, 6.07) is 13.6. The normalized spacial score (nSPS) is 9.86. The number of ether oxygens (including phenoxy) is 2. The van der Waals surface area contributed by atoms with Crippen LogP contribution in [0, 0.1) is 11.3 Å². The second-order valence-electron chi connectivity index (χ2n) is 4.69. The maximum atomic E-state index is 9.10. The number of hydrogen-bond acceptors (Lipinski definition) is 3. The van der Waals surface area contributed by atoms with Crippen LogP contribution in [0.4, 0.5) is 0 Å². The third-order valence-electron chi connectivity index (χ3n) is 3.14. The molecule has 4 heteroatoms. The molecule has 0 fully saturated rings. The first-order chi connectivity index (χ1) is 10.7. The van der Waals surface area contributed by atoms with Crippen molar-refractivity contribution in [3.63, 3.8) is 0 Å². The molecule has 2 aromatic carbocycles. The molecule has 2 aromatic rings. The predicted molar refractivity (Wildman–Crippen MR) is 90.1 cm³/mol. The Hall–Kier alpha value is -2.25. The van der Waals surface area contributed by atoms with Gasteiger partial charge in [0.1, 0.15) is 6.61 Å². The molecule has 0 aliphatic heterocycles. The van der Waals surface area contributed by atoms with Crippen LogP contribution in [0.15, 0.2) is 53.5 Å². The molecule has 0 radical (unpaired) electrons. The molecule has 0 saturated carbocycles. The summed E-state index contributed by atoms with van der Waals surface area (Å²) in [6.07, 6.45) is 2.39. The van der Waals surface area contributed by atoms with Gasteiger partial charge in [-0.25, -0.2) is 0 Å². The highest BCUT2D eigenvalue weighted by Gasteiger charge is 2.13. The van der Waals surface area contributed by atoms with Crippen LogP contribution in [0.3, 0.4) is 0 Å². The SMILES string of the molecule is C=CCc1cc(C#N)cc(OC)c1OCc1ccc(Br)cc1. The van der Waals surface area contributed by atoms with E-state index in [-0.39, 0.29) is 0 Å². The van der Waals surface area contributed by atoms with Crippen molar-refractivity contribution in [1.82, 2.24) is 0 Å². The molecule has 0 heterocycles. The second kappa shape index (κ2) is 7.67. The zero-order chi connectivity index (χ0) is 15.9.